The number of carbonyl (C=O) groups excluding carboxylic acids is 1. The van der Waals surface area contributed by atoms with Crippen LogP contribution in [0.15, 0.2) is 18.2 Å². The van der Waals surface area contributed by atoms with E-state index in [0.717, 1.165) is 48.2 Å². The van der Waals surface area contributed by atoms with Crippen LogP contribution in [-0.2, 0) is 11.2 Å². The van der Waals surface area contributed by atoms with Gasteiger partial charge >= 0.3 is 0 Å². The van der Waals surface area contributed by atoms with E-state index in [-0.39, 0.29) is 11.7 Å². The van der Waals surface area contributed by atoms with Crippen LogP contribution in [0.5, 0.6) is 0 Å². The Bertz CT molecular complexity index is 769. The Balaban J connectivity index is 1.52. The third-order valence-electron chi connectivity index (χ3n) is 5.65. The molecule has 1 aromatic carbocycles. The zero-order valence-corrected chi connectivity index (χ0v) is 14.1. The lowest BCUT2D eigenvalue weighted by Gasteiger charge is -2.41. The maximum absolute atomic E-state index is 13.6. The zero-order chi connectivity index (χ0) is 16.7. The number of nitrogens with zero attached hydrogens (tertiary/aromatic N) is 1. The van der Waals surface area contributed by atoms with Gasteiger partial charge in [-0.05, 0) is 62.4 Å². The Morgan fingerprint density at radius 1 is 1.38 bits per heavy atom. The first-order valence-corrected chi connectivity index (χ1v) is 8.89. The summed E-state index contributed by atoms with van der Waals surface area (Å²) >= 11 is 0. The Labute approximate surface area is 141 Å². The second kappa shape index (κ2) is 6.20. The smallest absolute Gasteiger partial charge is 0.227 e. The van der Waals surface area contributed by atoms with Gasteiger partial charge in [-0.15, -0.1) is 0 Å². The van der Waals surface area contributed by atoms with E-state index in [9.17, 15) is 9.18 Å². The highest BCUT2D eigenvalue weighted by Crippen LogP contribution is 2.27. The Hall–Kier alpha value is -1.88. The summed E-state index contributed by atoms with van der Waals surface area (Å²) in [5, 5.41) is 4.41. The van der Waals surface area contributed by atoms with Crippen LogP contribution in [0.25, 0.3) is 10.9 Å². The van der Waals surface area contributed by atoms with Crippen molar-refractivity contribution in [2.75, 3.05) is 19.6 Å². The Kier molecular flexibility index (Phi) is 4.04. The molecule has 0 aliphatic carbocycles. The number of halogens is 1. The van der Waals surface area contributed by atoms with Crippen molar-refractivity contribution < 1.29 is 9.18 Å². The van der Waals surface area contributed by atoms with E-state index in [2.05, 4.69) is 10.3 Å². The number of aryl methyl sites for hydroxylation is 1. The first-order valence-electron chi connectivity index (χ1n) is 8.89. The van der Waals surface area contributed by atoms with E-state index in [1.807, 2.05) is 11.8 Å². The lowest BCUT2D eigenvalue weighted by molar-refractivity contribution is -0.132. The lowest BCUT2D eigenvalue weighted by Crippen LogP contribution is -2.53. The van der Waals surface area contributed by atoms with Crippen molar-refractivity contribution in [1.82, 2.24) is 15.2 Å². The van der Waals surface area contributed by atoms with Crippen LogP contribution in [-0.4, -0.2) is 41.5 Å². The normalized spacial score (nSPS) is 24.2. The number of benzene rings is 1. The van der Waals surface area contributed by atoms with E-state index in [0.29, 0.717) is 18.4 Å². The molecule has 128 valence electrons. The van der Waals surface area contributed by atoms with Crippen molar-refractivity contribution in [3.8, 4) is 0 Å². The SMILES string of the molecule is Cc1[nH]c2ccc(F)cc2c1CC(=O)N1CC[C@@H]2NCCC[C@@H]2C1. The number of carbonyl (C=O) groups is 1. The number of piperidine rings is 2. The van der Waals surface area contributed by atoms with Crippen molar-refractivity contribution in [2.24, 2.45) is 5.92 Å². The summed E-state index contributed by atoms with van der Waals surface area (Å²) in [4.78, 5) is 18.1. The van der Waals surface area contributed by atoms with Gasteiger partial charge in [-0.3, -0.25) is 4.79 Å². The molecule has 0 radical (unpaired) electrons. The van der Waals surface area contributed by atoms with Crippen molar-refractivity contribution >= 4 is 16.8 Å². The molecule has 0 spiro atoms. The van der Waals surface area contributed by atoms with Crippen molar-refractivity contribution in [3.63, 3.8) is 0 Å². The van der Waals surface area contributed by atoms with Gasteiger partial charge in [0.25, 0.3) is 0 Å². The maximum atomic E-state index is 13.6. The first-order chi connectivity index (χ1) is 11.6. The number of aromatic nitrogens is 1. The largest absolute Gasteiger partial charge is 0.358 e. The number of hydrogen-bond donors (Lipinski definition) is 2. The molecule has 0 saturated carbocycles. The summed E-state index contributed by atoms with van der Waals surface area (Å²) in [5.74, 6) is 0.481. The van der Waals surface area contributed by atoms with Crippen LogP contribution >= 0.6 is 0 Å². The van der Waals surface area contributed by atoms with Gasteiger partial charge in [0.05, 0.1) is 6.42 Å². The monoisotopic (exact) mass is 329 g/mol. The number of likely N-dealkylation sites (tertiary alicyclic amines) is 1. The Morgan fingerprint density at radius 2 is 2.25 bits per heavy atom. The van der Waals surface area contributed by atoms with Crippen LogP contribution in [0.1, 0.15) is 30.5 Å². The topological polar surface area (TPSA) is 48.1 Å². The molecule has 2 aromatic rings. The van der Waals surface area contributed by atoms with E-state index < -0.39 is 0 Å². The minimum Gasteiger partial charge on any atom is -0.358 e. The number of amides is 1. The summed E-state index contributed by atoms with van der Waals surface area (Å²) < 4.78 is 13.6. The summed E-state index contributed by atoms with van der Waals surface area (Å²) in [5.41, 5.74) is 2.78. The standard InChI is InChI=1S/C19H24FN3O/c1-12-15(16-9-14(20)4-5-18(16)22-12)10-19(24)23-8-6-17-13(11-23)3-2-7-21-17/h4-5,9,13,17,21-22H,2-3,6-8,10-11H2,1H3/t13-,17+/m1/s1. The predicted molar refractivity (Wildman–Crippen MR) is 92.4 cm³/mol. The molecular formula is C19H24FN3O. The van der Waals surface area contributed by atoms with Gasteiger partial charge in [-0.25, -0.2) is 4.39 Å². The first kappa shape index (κ1) is 15.6. The third kappa shape index (κ3) is 2.81. The molecule has 5 heteroatoms. The predicted octanol–water partition coefficient (Wildman–Crippen LogP) is 2.76. The highest BCUT2D eigenvalue weighted by molar-refractivity contribution is 5.90. The Morgan fingerprint density at radius 3 is 3.12 bits per heavy atom. The molecule has 0 bridgehead atoms. The highest BCUT2D eigenvalue weighted by atomic mass is 19.1. The fraction of sp³-hybridized carbons (Fsp3) is 0.526. The van der Waals surface area contributed by atoms with E-state index in [1.54, 1.807) is 6.07 Å². The average Bonchev–Trinajstić information content (AvgIpc) is 2.89. The third-order valence-corrected chi connectivity index (χ3v) is 5.65. The molecule has 2 saturated heterocycles. The zero-order valence-electron chi connectivity index (χ0n) is 14.1. The second-order valence-corrected chi connectivity index (χ2v) is 7.19. The number of nitrogens with one attached hydrogen (secondary N) is 2. The van der Waals surface area contributed by atoms with E-state index in [1.165, 1.54) is 25.0 Å². The quantitative estimate of drug-likeness (QED) is 0.890. The molecule has 2 fully saturated rings. The molecular weight excluding hydrogens is 305 g/mol. The number of aromatic amines is 1. The molecule has 2 atom stereocenters. The molecule has 1 aromatic heterocycles. The van der Waals surface area contributed by atoms with Gasteiger partial charge in [0.2, 0.25) is 5.91 Å². The van der Waals surface area contributed by atoms with Crippen molar-refractivity contribution in [1.29, 1.82) is 0 Å². The maximum Gasteiger partial charge on any atom is 0.227 e. The lowest BCUT2D eigenvalue weighted by atomic mass is 9.85. The number of rotatable bonds is 2. The van der Waals surface area contributed by atoms with E-state index >= 15 is 0 Å². The van der Waals surface area contributed by atoms with E-state index in [4.69, 9.17) is 0 Å². The molecule has 3 heterocycles. The molecule has 2 N–H and O–H groups in total. The fourth-order valence-corrected chi connectivity index (χ4v) is 4.32. The van der Waals surface area contributed by atoms with Crippen LogP contribution in [0.3, 0.4) is 0 Å². The van der Waals surface area contributed by atoms with Gasteiger partial charge in [0.1, 0.15) is 5.82 Å². The summed E-state index contributed by atoms with van der Waals surface area (Å²) in [7, 11) is 0. The second-order valence-electron chi connectivity index (χ2n) is 7.19. The molecule has 4 rings (SSSR count). The van der Waals surface area contributed by atoms with Gasteiger partial charge in [0, 0.05) is 35.7 Å². The minimum atomic E-state index is -0.260. The minimum absolute atomic E-state index is 0.160. The highest BCUT2D eigenvalue weighted by Gasteiger charge is 2.33. The van der Waals surface area contributed by atoms with Gasteiger partial charge in [-0.1, -0.05) is 0 Å². The molecule has 4 nitrogen and oxygen atoms in total. The molecule has 0 unspecified atom stereocenters. The summed E-state index contributed by atoms with van der Waals surface area (Å²) in [6.07, 6.45) is 3.79. The van der Waals surface area contributed by atoms with Gasteiger partial charge in [0.15, 0.2) is 0 Å². The van der Waals surface area contributed by atoms with Crippen molar-refractivity contribution in [3.05, 3.63) is 35.3 Å². The average molecular weight is 329 g/mol. The molecule has 2 aliphatic rings. The summed E-state index contributed by atoms with van der Waals surface area (Å²) in [6, 6.07) is 5.29. The molecule has 24 heavy (non-hydrogen) atoms. The van der Waals surface area contributed by atoms with Crippen LogP contribution < -0.4 is 5.32 Å². The molecule has 1 amide bonds. The summed E-state index contributed by atoms with van der Waals surface area (Å²) in [6.45, 7) is 4.74. The fourth-order valence-electron chi connectivity index (χ4n) is 4.32. The van der Waals surface area contributed by atoms with Gasteiger partial charge in [-0.2, -0.15) is 0 Å². The number of fused-ring (bicyclic) bond motifs is 2. The number of hydrogen-bond acceptors (Lipinski definition) is 2. The van der Waals surface area contributed by atoms with Crippen LogP contribution in [0.4, 0.5) is 4.39 Å². The van der Waals surface area contributed by atoms with Gasteiger partial charge < -0.3 is 15.2 Å². The molecule has 2 aliphatic heterocycles. The number of H-pyrrole nitrogens is 1. The van der Waals surface area contributed by atoms with Crippen molar-refractivity contribution in [2.45, 2.75) is 38.6 Å². The van der Waals surface area contributed by atoms with Crippen LogP contribution in [0.2, 0.25) is 0 Å². The van der Waals surface area contributed by atoms with Crippen LogP contribution in [0, 0.1) is 18.7 Å².